The van der Waals surface area contributed by atoms with Crippen molar-refractivity contribution in [2.75, 3.05) is 34.4 Å². The van der Waals surface area contributed by atoms with Gasteiger partial charge in [0.2, 0.25) is 11.8 Å². The van der Waals surface area contributed by atoms with Crippen LogP contribution in [-0.2, 0) is 9.59 Å². The smallest absolute Gasteiger partial charge is 0.226 e. The molecule has 0 saturated carbocycles. The maximum atomic E-state index is 13.1. The minimum Gasteiger partial charge on any atom is -0.497 e. The van der Waals surface area contributed by atoms with Crippen LogP contribution in [0.15, 0.2) is 18.2 Å². The number of amides is 2. The Bertz CT molecular complexity index is 661. The average molecular weight is 346 g/mol. The summed E-state index contributed by atoms with van der Waals surface area (Å²) in [6.45, 7) is 1.38. The molecule has 0 aliphatic carbocycles. The highest BCUT2D eigenvalue weighted by atomic mass is 16.5. The Balaban J connectivity index is 1.83. The normalized spacial score (nSPS) is 23.7. The van der Waals surface area contributed by atoms with Gasteiger partial charge in [0.15, 0.2) is 0 Å². The molecule has 2 aliphatic heterocycles. The van der Waals surface area contributed by atoms with E-state index in [9.17, 15) is 9.59 Å². The van der Waals surface area contributed by atoms with Gasteiger partial charge in [0, 0.05) is 38.0 Å². The summed E-state index contributed by atoms with van der Waals surface area (Å²) in [6.07, 6.45) is 2.90. The van der Waals surface area contributed by atoms with E-state index in [0.29, 0.717) is 13.0 Å². The fourth-order valence-electron chi connectivity index (χ4n) is 3.84. The first-order valence-corrected chi connectivity index (χ1v) is 8.81. The van der Waals surface area contributed by atoms with Crippen molar-refractivity contribution in [2.45, 2.75) is 31.7 Å². The zero-order valence-electron chi connectivity index (χ0n) is 15.2. The molecule has 2 fully saturated rings. The van der Waals surface area contributed by atoms with Crippen molar-refractivity contribution in [3.63, 3.8) is 0 Å². The second-order valence-corrected chi connectivity index (χ2v) is 6.80. The summed E-state index contributed by atoms with van der Waals surface area (Å²) < 4.78 is 10.9. The number of nitrogens with zero attached hydrogens (tertiary/aromatic N) is 2. The van der Waals surface area contributed by atoms with Crippen LogP contribution in [0.1, 0.15) is 37.3 Å². The molecule has 2 saturated heterocycles. The van der Waals surface area contributed by atoms with Gasteiger partial charge >= 0.3 is 0 Å². The summed E-state index contributed by atoms with van der Waals surface area (Å²) in [5.41, 5.74) is 0.979. The van der Waals surface area contributed by atoms with Crippen LogP contribution in [0.2, 0.25) is 0 Å². The number of ether oxygens (including phenoxy) is 2. The second kappa shape index (κ2) is 7.33. The Morgan fingerprint density at radius 3 is 2.64 bits per heavy atom. The second-order valence-electron chi connectivity index (χ2n) is 6.80. The van der Waals surface area contributed by atoms with E-state index < -0.39 is 0 Å². The van der Waals surface area contributed by atoms with Crippen molar-refractivity contribution >= 4 is 11.8 Å². The number of hydrogen-bond acceptors (Lipinski definition) is 4. The van der Waals surface area contributed by atoms with Crippen LogP contribution in [0, 0.1) is 5.92 Å². The topological polar surface area (TPSA) is 59.1 Å². The van der Waals surface area contributed by atoms with Crippen molar-refractivity contribution in [1.29, 1.82) is 0 Å². The van der Waals surface area contributed by atoms with Gasteiger partial charge in [0.05, 0.1) is 20.3 Å². The highest BCUT2D eigenvalue weighted by Crippen LogP contribution is 2.40. The fraction of sp³-hybridized carbons (Fsp3) is 0.579. The van der Waals surface area contributed by atoms with E-state index in [2.05, 4.69) is 0 Å². The number of rotatable bonds is 4. The van der Waals surface area contributed by atoms with Gasteiger partial charge < -0.3 is 19.3 Å². The number of benzene rings is 1. The lowest BCUT2D eigenvalue weighted by molar-refractivity contribution is -0.145. The quantitative estimate of drug-likeness (QED) is 0.839. The predicted octanol–water partition coefficient (Wildman–Crippen LogP) is 2.24. The molecule has 1 aromatic carbocycles. The number of carbonyl (C=O) groups is 2. The van der Waals surface area contributed by atoms with E-state index >= 15 is 0 Å². The van der Waals surface area contributed by atoms with Gasteiger partial charge in [-0.3, -0.25) is 9.59 Å². The van der Waals surface area contributed by atoms with Gasteiger partial charge in [-0.1, -0.05) is 0 Å². The van der Waals surface area contributed by atoms with Crippen LogP contribution in [0.25, 0.3) is 0 Å². The van der Waals surface area contributed by atoms with Gasteiger partial charge in [-0.15, -0.1) is 0 Å². The average Bonchev–Trinajstić information content (AvgIpc) is 3.12. The van der Waals surface area contributed by atoms with Crippen LogP contribution in [0.4, 0.5) is 0 Å². The lowest BCUT2D eigenvalue weighted by Gasteiger charge is -2.33. The van der Waals surface area contributed by atoms with Gasteiger partial charge in [-0.2, -0.15) is 0 Å². The fourth-order valence-corrected chi connectivity index (χ4v) is 3.84. The molecule has 2 aliphatic rings. The van der Waals surface area contributed by atoms with E-state index in [4.69, 9.17) is 9.47 Å². The molecule has 2 amide bonds. The van der Waals surface area contributed by atoms with Gasteiger partial charge in [-0.25, -0.2) is 0 Å². The molecule has 2 unspecified atom stereocenters. The van der Waals surface area contributed by atoms with Gasteiger partial charge in [0.1, 0.15) is 11.5 Å². The first kappa shape index (κ1) is 17.6. The first-order valence-electron chi connectivity index (χ1n) is 8.81. The maximum absolute atomic E-state index is 13.1. The Hall–Kier alpha value is -2.24. The lowest BCUT2D eigenvalue weighted by atomic mass is 9.94. The molecule has 0 bridgehead atoms. The van der Waals surface area contributed by atoms with Crippen molar-refractivity contribution in [2.24, 2.45) is 5.92 Å². The molecule has 2 heterocycles. The Kier molecular flexibility index (Phi) is 5.16. The zero-order valence-corrected chi connectivity index (χ0v) is 15.2. The molecule has 2 atom stereocenters. The summed E-state index contributed by atoms with van der Waals surface area (Å²) in [4.78, 5) is 28.7. The zero-order chi connectivity index (χ0) is 18.0. The molecular weight excluding hydrogens is 320 g/mol. The van der Waals surface area contributed by atoms with Crippen molar-refractivity contribution in [1.82, 2.24) is 9.80 Å². The largest absolute Gasteiger partial charge is 0.497 e. The monoisotopic (exact) mass is 346 g/mol. The van der Waals surface area contributed by atoms with Gasteiger partial charge in [0.25, 0.3) is 0 Å². The van der Waals surface area contributed by atoms with Crippen LogP contribution in [0.5, 0.6) is 11.5 Å². The molecule has 0 aromatic heterocycles. The van der Waals surface area contributed by atoms with Crippen molar-refractivity contribution in [3.05, 3.63) is 23.8 Å². The molecular formula is C19H26N2O4. The number of likely N-dealkylation sites (tertiary alicyclic amines) is 2. The highest BCUT2D eigenvalue weighted by molar-refractivity contribution is 5.87. The molecule has 1 aromatic rings. The lowest BCUT2D eigenvalue weighted by Crippen LogP contribution is -2.43. The van der Waals surface area contributed by atoms with Gasteiger partial charge in [-0.05, 0) is 37.5 Å². The van der Waals surface area contributed by atoms with Crippen LogP contribution < -0.4 is 9.47 Å². The summed E-state index contributed by atoms with van der Waals surface area (Å²) in [6, 6.07) is 5.68. The number of methoxy groups -OCH3 is 2. The summed E-state index contributed by atoms with van der Waals surface area (Å²) in [5.74, 6) is 1.46. The molecule has 6 heteroatoms. The van der Waals surface area contributed by atoms with Crippen molar-refractivity contribution < 1.29 is 19.1 Å². The minimum atomic E-state index is -0.207. The summed E-state index contributed by atoms with van der Waals surface area (Å²) in [7, 11) is 5.07. The van der Waals surface area contributed by atoms with Crippen LogP contribution >= 0.6 is 0 Å². The molecule has 0 spiro atoms. The van der Waals surface area contributed by atoms with Crippen LogP contribution in [0.3, 0.4) is 0 Å². The Morgan fingerprint density at radius 2 is 1.96 bits per heavy atom. The van der Waals surface area contributed by atoms with E-state index in [1.54, 1.807) is 26.2 Å². The molecule has 6 nitrogen and oxygen atoms in total. The summed E-state index contributed by atoms with van der Waals surface area (Å²) >= 11 is 0. The Labute approximate surface area is 148 Å². The number of carbonyl (C=O) groups excluding carboxylic acids is 2. The first-order chi connectivity index (χ1) is 12.0. The molecule has 0 N–H and O–H groups in total. The third-order valence-corrected chi connectivity index (χ3v) is 5.34. The van der Waals surface area contributed by atoms with E-state index in [1.807, 2.05) is 23.1 Å². The number of hydrogen-bond donors (Lipinski definition) is 0. The van der Waals surface area contributed by atoms with E-state index in [0.717, 1.165) is 42.9 Å². The van der Waals surface area contributed by atoms with E-state index in [-0.39, 0.29) is 23.8 Å². The maximum Gasteiger partial charge on any atom is 0.226 e. The predicted molar refractivity (Wildman–Crippen MR) is 93.6 cm³/mol. The number of piperidine rings is 1. The highest BCUT2D eigenvalue weighted by Gasteiger charge is 2.38. The minimum absolute atomic E-state index is 0.0210. The van der Waals surface area contributed by atoms with Crippen molar-refractivity contribution in [3.8, 4) is 11.5 Å². The Morgan fingerprint density at radius 1 is 1.16 bits per heavy atom. The third-order valence-electron chi connectivity index (χ3n) is 5.34. The summed E-state index contributed by atoms with van der Waals surface area (Å²) in [5, 5.41) is 0. The van der Waals surface area contributed by atoms with Crippen LogP contribution in [-0.4, -0.2) is 56.0 Å². The molecule has 3 rings (SSSR count). The molecule has 25 heavy (non-hydrogen) atoms. The van der Waals surface area contributed by atoms with E-state index in [1.165, 1.54) is 0 Å². The SMILES string of the molecule is COc1ccc(OC)c(C2CCCN2C(=O)C2CCN(C)C(=O)C2)c1. The molecule has 0 radical (unpaired) electrons. The third kappa shape index (κ3) is 3.43. The standard InChI is InChI=1S/C19H26N2O4/c1-20-10-8-13(11-18(20)22)19(23)21-9-4-5-16(21)15-12-14(24-2)6-7-17(15)25-3/h6-7,12-13,16H,4-5,8-11H2,1-3H3. The molecule has 136 valence electrons.